The number of aliphatic carboxylic acids is 1. The largest absolute Gasteiger partial charge is 0.480 e. The Bertz CT molecular complexity index is 265. The summed E-state index contributed by atoms with van der Waals surface area (Å²) >= 11 is 0. The summed E-state index contributed by atoms with van der Waals surface area (Å²) in [6.45, 7) is 4.67. The van der Waals surface area contributed by atoms with Gasteiger partial charge < -0.3 is 10.0 Å². The quantitative estimate of drug-likeness (QED) is 0.797. The molecule has 0 bridgehead atoms. The van der Waals surface area contributed by atoms with Gasteiger partial charge in [-0.1, -0.05) is 20.3 Å². The number of hydrogen-bond acceptors (Lipinski definition) is 2. The summed E-state index contributed by atoms with van der Waals surface area (Å²) in [4.78, 5) is 24.5. The van der Waals surface area contributed by atoms with Crippen molar-refractivity contribution in [2.24, 2.45) is 5.92 Å². The van der Waals surface area contributed by atoms with Gasteiger partial charge in [0.25, 0.3) is 0 Å². The normalized spacial score (nSPS) is 22.9. The molecule has 1 saturated heterocycles. The molecule has 0 aromatic carbocycles. The topological polar surface area (TPSA) is 57.6 Å². The molecular weight excluding hydrogens is 206 g/mol. The van der Waals surface area contributed by atoms with Crippen molar-refractivity contribution >= 4 is 11.9 Å². The molecule has 1 heterocycles. The molecule has 1 rings (SSSR count). The van der Waals surface area contributed by atoms with E-state index in [1.54, 1.807) is 4.90 Å². The van der Waals surface area contributed by atoms with Crippen molar-refractivity contribution in [3.8, 4) is 0 Å². The Morgan fingerprint density at radius 2 is 2.12 bits per heavy atom. The van der Waals surface area contributed by atoms with Gasteiger partial charge in [-0.2, -0.15) is 0 Å². The molecular formula is C12H21NO3. The number of carbonyl (C=O) groups excluding carboxylic acids is 1. The standard InChI is InChI=1S/C12H21NO3/c1-3-9(2)8-11(14)13-7-5-4-6-10(13)12(15)16/h9-10H,3-8H2,1-2H3,(H,15,16). The van der Waals surface area contributed by atoms with Gasteiger partial charge in [0, 0.05) is 13.0 Å². The number of amides is 1. The van der Waals surface area contributed by atoms with E-state index in [2.05, 4.69) is 0 Å². The highest BCUT2D eigenvalue weighted by atomic mass is 16.4. The Morgan fingerprint density at radius 3 is 2.69 bits per heavy atom. The number of piperidine rings is 1. The van der Waals surface area contributed by atoms with Crippen LogP contribution in [-0.4, -0.2) is 34.5 Å². The van der Waals surface area contributed by atoms with Crippen molar-refractivity contribution < 1.29 is 14.7 Å². The van der Waals surface area contributed by atoms with Gasteiger partial charge in [0.1, 0.15) is 6.04 Å². The number of carboxylic acids is 1. The predicted molar refractivity (Wildman–Crippen MR) is 61.1 cm³/mol. The SMILES string of the molecule is CCC(C)CC(=O)N1CCCCC1C(=O)O. The van der Waals surface area contributed by atoms with E-state index in [-0.39, 0.29) is 5.91 Å². The van der Waals surface area contributed by atoms with Gasteiger partial charge >= 0.3 is 5.97 Å². The number of hydrogen-bond donors (Lipinski definition) is 1. The van der Waals surface area contributed by atoms with Gasteiger partial charge in [-0.25, -0.2) is 4.79 Å². The summed E-state index contributed by atoms with van der Waals surface area (Å²) in [5.74, 6) is -0.525. The second-order valence-corrected chi connectivity index (χ2v) is 4.65. The van der Waals surface area contributed by atoms with E-state index >= 15 is 0 Å². The Balaban J connectivity index is 2.60. The minimum absolute atomic E-state index is 0.00134. The first-order valence-corrected chi connectivity index (χ1v) is 6.08. The Hall–Kier alpha value is -1.06. The second kappa shape index (κ2) is 5.87. The minimum Gasteiger partial charge on any atom is -0.480 e. The number of carbonyl (C=O) groups is 2. The van der Waals surface area contributed by atoms with Crippen LogP contribution in [-0.2, 0) is 9.59 Å². The van der Waals surface area contributed by atoms with Crippen LogP contribution in [0.3, 0.4) is 0 Å². The maximum absolute atomic E-state index is 11.9. The zero-order valence-corrected chi connectivity index (χ0v) is 10.1. The number of rotatable bonds is 4. The molecule has 0 aliphatic carbocycles. The molecule has 92 valence electrons. The molecule has 1 amide bonds. The highest BCUT2D eigenvalue weighted by Crippen LogP contribution is 2.20. The molecule has 0 spiro atoms. The van der Waals surface area contributed by atoms with Crippen molar-refractivity contribution in [1.82, 2.24) is 4.90 Å². The van der Waals surface area contributed by atoms with Gasteiger partial charge in [0.15, 0.2) is 0 Å². The van der Waals surface area contributed by atoms with E-state index in [4.69, 9.17) is 5.11 Å². The maximum atomic E-state index is 11.9. The first kappa shape index (κ1) is 13.0. The zero-order chi connectivity index (χ0) is 12.1. The van der Waals surface area contributed by atoms with Crippen LogP contribution >= 0.6 is 0 Å². The van der Waals surface area contributed by atoms with Gasteiger partial charge in [0.2, 0.25) is 5.91 Å². The van der Waals surface area contributed by atoms with Crippen molar-refractivity contribution in [3.63, 3.8) is 0 Å². The molecule has 1 N–H and O–H groups in total. The summed E-state index contributed by atoms with van der Waals surface area (Å²) in [5, 5.41) is 9.05. The predicted octanol–water partition coefficient (Wildman–Crippen LogP) is 1.89. The third-order valence-corrected chi connectivity index (χ3v) is 3.33. The van der Waals surface area contributed by atoms with E-state index < -0.39 is 12.0 Å². The number of nitrogens with zero attached hydrogens (tertiary/aromatic N) is 1. The summed E-state index contributed by atoms with van der Waals surface area (Å²) < 4.78 is 0. The van der Waals surface area contributed by atoms with E-state index in [0.29, 0.717) is 25.3 Å². The van der Waals surface area contributed by atoms with E-state index in [9.17, 15) is 9.59 Å². The third-order valence-electron chi connectivity index (χ3n) is 3.33. The highest BCUT2D eigenvalue weighted by molar-refractivity contribution is 5.84. The average molecular weight is 227 g/mol. The molecule has 1 aliphatic rings. The maximum Gasteiger partial charge on any atom is 0.326 e. The molecule has 4 nitrogen and oxygen atoms in total. The highest BCUT2D eigenvalue weighted by Gasteiger charge is 2.31. The van der Waals surface area contributed by atoms with Gasteiger partial charge in [-0.3, -0.25) is 4.79 Å². The molecule has 0 aromatic heterocycles. The lowest BCUT2D eigenvalue weighted by Crippen LogP contribution is -2.48. The van der Waals surface area contributed by atoms with Crippen molar-refractivity contribution in [3.05, 3.63) is 0 Å². The molecule has 1 aliphatic heterocycles. The lowest BCUT2D eigenvalue weighted by atomic mass is 9.99. The Morgan fingerprint density at radius 1 is 1.44 bits per heavy atom. The molecule has 1 fully saturated rings. The van der Waals surface area contributed by atoms with Gasteiger partial charge in [0.05, 0.1) is 0 Å². The Labute approximate surface area is 96.6 Å². The van der Waals surface area contributed by atoms with Crippen molar-refractivity contribution in [2.45, 2.75) is 52.0 Å². The molecule has 0 aromatic rings. The summed E-state index contributed by atoms with van der Waals surface area (Å²) in [6.07, 6.45) is 3.86. The van der Waals surface area contributed by atoms with Crippen LogP contribution in [0.15, 0.2) is 0 Å². The van der Waals surface area contributed by atoms with Crippen LogP contribution in [0.1, 0.15) is 46.0 Å². The molecule has 2 atom stereocenters. The van der Waals surface area contributed by atoms with Crippen LogP contribution in [0, 0.1) is 5.92 Å². The third kappa shape index (κ3) is 3.22. The number of carboxylic acid groups (broad SMARTS) is 1. The first-order valence-electron chi connectivity index (χ1n) is 6.08. The summed E-state index contributed by atoms with van der Waals surface area (Å²) in [7, 11) is 0. The molecule has 4 heteroatoms. The lowest BCUT2D eigenvalue weighted by Gasteiger charge is -2.33. The van der Waals surface area contributed by atoms with Crippen LogP contribution in [0.5, 0.6) is 0 Å². The minimum atomic E-state index is -0.864. The molecule has 0 saturated carbocycles. The van der Waals surface area contributed by atoms with Crippen molar-refractivity contribution in [1.29, 1.82) is 0 Å². The summed E-state index contributed by atoms with van der Waals surface area (Å²) in [6, 6.07) is -0.592. The van der Waals surface area contributed by atoms with Crippen molar-refractivity contribution in [2.75, 3.05) is 6.54 Å². The van der Waals surface area contributed by atoms with E-state index in [1.807, 2.05) is 13.8 Å². The molecule has 0 radical (unpaired) electrons. The zero-order valence-electron chi connectivity index (χ0n) is 10.1. The van der Waals surface area contributed by atoms with Gasteiger partial charge in [-0.15, -0.1) is 0 Å². The fraction of sp³-hybridized carbons (Fsp3) is 0.833. The van der Waals surface area contributed by atoms with Crippen LogP contribution < -0.4 is 0 Å². The monoisotopic (exact) mass is 227 g/mol. The average Bonchev–Trinajstić information content (AvgIpc) is 2.28. The summed E-state index contributed by atoms with van der Waals surface area (Å²) in [5.41, 5.74) is 0. The van der Waals surface area contributed by atoms with E-state index in [0.717, 1.165) is 19.3 Å². The smallest absolute Gasteiger partial charge is 0.326 e. The Kier molecular flexibility index (Phi) is 4.77. The van der Waals surface area contributed by atoms with Crippen LogP contribution in [0.4, 0.5) is 0 Å². The van der Waals surface area contributed by atoms with Crippen LogP contribution in [0.25, 0.3) is 0 Å². The molecule has 16 heavy (non-hydrogen) atoms. The van der Waals surface area contributed by atoms with Gasteiger partial charge in [-0.05, 0) is 25.2 Å². The number of likely N-dealkylation sites (tertiary alicyclic amines) is 1. The second-order valence-electron chi connectivity index (χ2n) is 4.65. The fourth-order valence-corrected chi connectivity index (χ4v) is 2.05. The first-order chi connectivity index (χ1) is 7.56. The molecule has 2 unspecified atom stereocenters. The fourth-order valence-electron chi connectivity index (χ4n) is 2.05. The van der Waals surface area contributed by atoms with E-state index in [1.165, 1.54) is 0 Å². The lowest BCUT2D eigenvalue weighted by molar-refractivity contribution is -0.152. The van der Waals surface area contributed by atoms with Crippen LogP contribution in [0.2, 0.25) is 0 Å².